The van der Waals surface area contributed by atoms with Crippen LogP contribution in [0.5, 0.6) is 0 Å². The Morgan fingerprint density at radius 3 is 2.65 bits per heavy atom. The lowest BCUT2D eigenvalue weighted by atomic mass is 9.51. The molecule has 3 atom stereocenters. The van der Waals surface area contributed by atoms with Gasteiger partial charge >= 0.3 is 0 Å². The molecule has 0 saturated heterocycles. The van der Waals surface area contributed by atoms with Crippen molar-refractivity contribution in [3.8, 4) is 0 Å². The van der Waals surface area contributed by atoms with Crippen LogP contribution in [0.1, 0.15) is 66.2 Å². The standard InChI is InChI=1S/C16H31B/c1-12(2)8-9-15-14(11-13(3)4)7-6-10-16(15,5)17/h13-15H,1,6-11,17H2,2-5H3. The number of rotatable bonds is 5. The van der Waals surface area contributed by atoms with Crippen LogP contribution in [0.25, 0.3) is 0 Å². The third-order valence-corrected chi connectivity index (χ3v) is 4.63. The lowest BCUT2D eigenvalue weighted by molar-refractivity contribution is 0.146. The summed E-state index contributed by atoms with van der Waals surface area (Å²) in [4.78, 5) is 0. The monoisotopic (exact) mass is 234 g/mol. The number of allylic oxidation sites excluding steroid dienone is 1. The van der Waals surface area contributed by atoms with Crippen molar-refractivity contribution in [2.24, 2.45) is 17.8 Å². The molecule has 98 valence electrons. The Balaban J connectivity index is 2.68. The summed E-state index contributed by atoms with van der Waals surface area (Å²) in [6.45, 7) is 13.5. The molecule has 0 spiro atoms. The molecule has 0 heterocycles. The van der Waals surface area contributed by atoms with E-state index in [-0.39, 0.29) is 0 Å². The van der Waals surface area contributed by atoms with Gasteiger partial charge in [0, 0.05) is 0 Å². The van der Waals surface area contributed by atoms with Gasteiger partial charge in [0.15, 0.2) is 0 Å². The van der Waals surface area contributed by atoms with Crippen molar-refractivity contribution in [2.75, 3.05) is 0 Å². The molecule has 1 aliphatic rings. The van der Waals surface area contributed by atoms with E-state index in [1.165, 1.54) is 44.1 Å². The van der Waals surface area contributed by atoms with Crippen LogP contribution in [0.2, 0.25) is 5.31 Å². The highest BCUT2D eigenvalue weighted by molar-refractivity contribution is 6.15. The molecule has 1 saturated carbocycles. The van der Waals surface area contributed by atoms with Gasteiger partial charge in [-0.05, 0) is 43.9 Å². The molecule has 0 aromatic carbocycles. The maximum Gasteiger partial charge on any atom is 0.109 e. The van der Waals surface area contributed by atoms with Crippen LogP contribution in [0, 0.1) is 17.8 Å². The Labute approximate surface area is 110 Å². The summed E-state index contributed by atoms with van der Waals surface area (Å²) >= 11 is 0. The van der Waals surface area contributed by atoms with E-state index in [0.29, 0.717) is 5.31 Å². The first kappa shape index (κ1) is 14.9. The van der Waals surface area contributed by atoms with E-state index in [1.54, 1.807) is 0 Å². The van der Waals surface area contributed by atoms with E-state index in [2.05, 4.69) is 42.1 Å². The van der Waals surface area contributed by atoms with Crippen molar-refractivity contribution < 1.29 is 0 Å². The lowest BCUT2D eigenvalue weighted by Crippen LogP contribution is -2.33. The summed E-state index contributed by atoms with van der Waals surface area (Å²) in [6.07, 6.45) is 8.32. The molecular weight excluding hydrogens is 203 g/mol. The smallest absolute Gasteiger partial charge is 0.100 e. The first-order valence-corrected chi connectivity index (χ1v) is 7.47. The van der Waals surface area contributed by atoms with E-state index in [4.69, 9.17) is 0 Å². The average molecular weight is 234 g/mol. The van der Waals surface area contributed by atoms with Crippen molar-refractivity contribution in [1.82, 2.24) is 0 Å². The van der Waals surface area contributed by atoms with Crippen LogP contribution in [-0.2, 0) is 0 Å². The minimum atomic E-state index is 0.549. The zero-order valence-corrected chi connectivity index (χ0v) is 12.7. The van der Waals surface area contributed by atoms with Crippen molar-refractivity contribution in [1.29, 1.82) is 0 Å². The highest BCUT2D eigenvalue weighted by atomic mass is 14.4. The van der Waals surface area contributed by atoms with Crippen molar-refractivity contribution in [2.45, 2.75) is 71.5 Å². The molecular formula is C16H31B. The van der Waals surface area contributed by atoms with E-state index in [0.717, 1.165) is 17.8 Å². The number of hydrogen-bond acceptors (Lipinski definition) is 0. The van der Waals surface area contributed by atoms with Crippen molar-refractivity contribution in [3.63, 3.8) is 0 Å². The molecule has 0 nitrogen and oxygen atoms in total. The molecule has 1 rings (SSSR count). The summed E-state index contributed by atoms with van der Waals surface area (Å²) in [5.41, 5.74) is 1.36. The highest BCUT2D eigenvalue weighted by Crippen LogP contribution is 2.51. The molecule has 17 heavy (non-hydrogen) atoms. The van der Waals surface area contributed by atoms with Gasteiger partial charge < -0.3 is 0 Å². The quantitative estimate of drug-likeness (QED) is 0.481. The van der Waals surface area contributed by atoms with Crippen LogP contribution < -0.4 is 0 Å². The zero-order chi connectivity index (χ0) is 13.1. The van der Waals surface area contributed by atoms with Gasteiger partial charge in [0.1, 0.15) is 7.85 Å². The van der Waals surface area contributed by atoms with Gasteiger partial charge in [-0.25, -0.2) is 0 Å². The summed E-state index contributed by atoms with van der Waals surface area (Å²) in [6, 6.07) is 0. The topological polar surface area (TPSA) is 0 Å². The summed E-state index contributed by atoms with van der Waals surface area (Å²) in [7, 11) is 2.49. The van der Waals surface area contributed by atoms with Crippen molar-refractivity contribution in [3.05, 3.63) is 12.2 Å². The Morgan fingerprint density at radius 2 is 2.12 bits per heavy atom. The van der Waals surface area contributed by atoms with Crippen molar-refractivity contribution >= 4 is 7.85 Å². The SMILES string of the molecule is BC1(C)CCCC(CC(C)C)C1CCC(=C)C. The maximum absolute atomic E-state index is 4.07. The zero-order valence-electron chi connectivity index (χ0n) is 12.7. The fourth-order valence-corrected chi connectivity index (χ4v) is 3.76. The molecule has 1 aliphatic carbocycles. The van der Waals surface area contributed by atoms with E-state index >= 15 is 0 Å². The van der Waals surface area contributed by atoms with Gasteiger partial charge in [0.05, 0.1) is 0 Å². The van der Waals surface area contributed by atoms with Gasteiger partial charge in [-0.1, -0.05) is 50.9 Å². The second-order valence-corrected chi connectivity index (χ2v) is 7.37. The van der Waals surface area contributed by atoms with Crippen LogP contribution in [0.3, 0.4) is 0 Å². The van der Waals surface area contributed by atoms with Gasteiger partial charge in [0.25, 0.3) is 0 Å². The Bertz CT molecular complexity index is 252. The second kappa shape index (κ2) is 6.11. The van der Waals surface area contributed by atoms with Crippen LogP contribution in [0.4, 0.5) is 0 Å². The third-order valence-electron chi connectivity index (χ3n) is 4.63. The summed E-state index contributed by atoms with van der Waals surface area (Å²) < 4.78 is 0. The fourth-order valence-electron chi connectivity index (χ4n) is 3.76. The van der Waals surface area contributed by atoms with E-state index in [9.17, 15) is 0 Å². The molecule has 0 bridgehead atoms. The molecule has 0 radical (unpaired) electrons. The fraction of sp³-hybridized carbons (Fsp3) is 0.875. The van der Waals surface area contributed by atoms with Crippen LogP contribution in [-0.4, -0.2) is 7.85 Å². The predicted octanol–water partition coefficient (Wildman–Crippen LogP) is 4.62. The normalized spacial score (nSPS) is 33.9. The third kappa shape index (κ3) is 4.52. The van der Waals surface area contributed by atoms with Crippen LogP contribution in [0.15, 0.2) is 12.2 Å². The second-order valence-electron chi connectivity index (χ2n) is 7.37. The molecule has 1 fully saturated rings. The van der Waals surface area contributed by atoms with Gasteiger partial charge in [0.2, 0.25) is 0 Å². The van der Waals surface area contributed by atoms with Gasteiger partial charge in [-0.3, -0.25) is 0 Å². The van der Waals surface area contributed by atoms with E-state index in [1.807, 2.05) is 0 Å². The highest BCUT2D eigenvalue weighted by Gasteiger charge is 2.38. The Kier molecular flexibility index (Phi) is 5.35. The molecule has 3 unspecified atom stereocenters. The molecule has 1 heteroatoms. The van der Waals surface area contributed by atoms with E-state index < -0.39 is 0 Å². The Morgan fingerprint density at radius 1 is 1.47 bits per heavy atom. The summed E-state index contributed by atoms with van der Waals surface area (Å²) in [5, 5.41) is 0.549. The first-order valence-electron chi connectivity index (χ1n) is 7.47. The molecule has 0 N–H and O–H groups in total. The lowest BCUT2D eigenvalue weighted by Gasteiger charge is -2.45. The molecule has 0 aliphatic heterocycles. The predicted molar refractivity (Wildman–Crippen MR) is 81.2 cm³/mol. The molecule has 0 aromatic rings. The minimum absolute atomic E-state index is 0.549. The average Bonchev–Trinajstić information content (AvgIpc) is 2.14. The van der Waals surface area contributed by atoms with Gasteiger partial charge in [-0.15, -0.1) is 6.58 Å². The number of hydrogen-bond donors (Lipinski definition) is 0. The van der Waals surface area contributed by atoms with Gasteiger partial charge in [-0.2, -0.15) is 0 Å². The summed E-state index contributed by atoms with van der Waals surface area (Å²) in [5.74, 6) is 2.72. The molecule has 0 amide bonds. The largest absolute Gasteiger partial charge is 0.109 e. The minimum Gasteiger partial charge on any atom is -0.100 e. The Hall–Kier alpha value is -0.195. The maximum atomic E-state index is 4.07. The van der Waals surface area contributed by atoms with Crippen LogP contribution >= 0.6 is 0 Å². The first-order chi connectivity index (χ1) is 7.83. The molecule has 0 aromatic heterocycles.